The Morgan fingerprint density at radius 3 is 1.79 bits per heavy atom. The summed E-state index contributed by atoms with van der Waals surface area (Å²) in [5.74, 6) is -0.403. The van der Waals surface area contributed by atoms with Crippen molar-refractivity contribution in [3.05, 3.63) is 60.8 Å². The normalized spacial score (nSPS) is 14.9. The first-order chi connectivity index (χ1) is 19.0. The fraction of sp³-hybridized carbons (Fsp3) is 0.676. The zero-order valence-electron chi connectivity index (χ0n) is 25.0. The van der Waals surface area contributed by atoms with Gasteiger partial charge in [0.25, 0.3) is 0 Å². The average molecular weight is 546 g/mol. The molecule has 0 saturated carbocycles. The average Bonchev–Trinajstić information content (AvgIpc) is 2.92. The van der Waals surface area contributed by atoms with Crippen molar-refractivity contribution in [3.8, 4) is 0 Å². The lowest BCUT2D eigenvalue weighted by Gasteiger charge is -2.20. The molecular formula is C34H59NO4. The van der Waals surface area contributed by atoms with E-state index in [0.717, 1.165) is 38.5 Å². The molecule has 224 valence electrons. The molecule has 0 aliphatic carbocycles. The van der Waals surface area contributed by atoms with Crippen molar-refractivity contribution in [2.24, 2.45) is 0 Å². The minimum absolute atomic E-state index is 0.108. The molecule has 0 rings (SSSR count). The zero-order chi connectivity index (χ0) is 28.8. The van der Waals surface area contributed by atoms with Gasteiger partial charge < -0.3 is 20.6 Å². The van der Waals surface area contributed by atoms with Crippen molar-refractivity contribution in [2.75, 3.05) is 6.61 Å². The van der Waals surface area contributed by atoms with E-state index < -0.39 is 24.2 Å². The van der Waals surface area contributed by atoms with Crippen LogP contribution < -0.4 is 5.32 Å². The highest BCUT2D eigenvalue weighted by molar-refractivity contribution is 5.77. The van der Waals surface area contributed by atoms with Gasteiger partial charge in [-0.25, -0.2) is 0 Å². The molecule has 5 heteroatoms. The van der Waals surface area contributed by atoms with E-state index in [2.05, 4.69) is 55.6 Å². The minimum Gasteiger partial charge on any atom is -0.394 e. The number of rotatable bonds is 26. The van der Waals surface area contributed by atoms with Gasteiger partial charge in [-0.15, -0.1) is 0 Å². The molecule has 0 saturated heterocycles. The Bertz CT molecular complexity index is 695. The molecule has 0 spiro atoms. The van der Waals surface area contributed by atoms with Gasteiger partial charge in [0, 0.05) is 0 Å². The van der Waals surface area contributed by atoms with E-state index >= 15 is 0 Å². The summed E-state index contributed by atoms with van der Waals surface area (Å²) in [5, 5.41) is 32.6. The Hall–Kier alpha value is -1.95. The van der Waals surface area contributed by atoms with Crippen LogP contribution in [-0.2, 0) is 4.79 Å². The molecular weight excluding hydrogens is 486 g/mol. The van der Waals surface area contributed by atoms with Gasteiger partial charge in [0.1, 0.15) is 0 Å². The maximum absolute atomic E-state index is 12.2. The van der Waals surface area contributed by atoms with Gasteiger partial charge in [-0.05, 0) is 57.8 Å². The fourth-order valence-corrected chi connectivity index (χ4v) is 4.07. The summed E-state index contributed by atoms with van der Waals surface area (Å²) < 4.78 is 0. The van der Waals surface area contributed by atoms with E-state index in [1.165, 1.54) is 64.2 Å². The third-order valence-electron chi connectivity index (χ3n) is 6.51. The van der Waals surface area contributed by atoms with Gasteiger partial charge in [-0.3, -0.25) is 4.79 Å². The third-order valence-corrected chi connectivity index (χ3v) is 6.51. The van der Waals surface area contributed by atoms with Crippen molar-refractivity contribution in [1.29, 1.82) is 0 Å². The first kappa shape index (κ1) is 37.0. The Morgan fingerprint density at radius 2 is 1.15 bits per heavy atom. The molecule has 0 fully saturated rings. The molecule has 0 aliphatic heterocycles. The van der Waals surface area contributed by atoms with Crippen LogP contribution in [0, 0.1) is 0 Å². The summed E-state index contributed by atoms with van der Waals surface area (Å²) in [5.41, 5.74) is 0. The summed E-state index contributed by atoms with van der Waals surface area (Å²) in [7, 11) is 0. The van der Waals surface area contributed by atoms with Crippen LogP contribution >= 0.6 is 0 Å². The quantitative estimate of drug-likeness (QED) is 0.0664. The van der Waals surface area contributed by atoms with Gasteiger partial charge in [0.15, 0.2) is 0 Å². The second-order valence-electron chi connectivity index (χ2n) is 10.3. The van der Waals surface area contributed by atoms with Crippen molar-refractivity contribution in [3.63, 3.8) is 0 Å². The minimum atomic E-state index is -0.981. The number of carbonyl (C=O) groups is 1. The maximum Gasteiger partial charge on any atom is 0.223 e. The number of hydrogen-bond donors (Lipinski definition) is 4. The second-order valence-corrected chi connectivity index (χ2v) is 10.3. The molecule has 0 aromatic heterocycles. The van der Waals surface area contributed by atoms with Crippen LogP contribution in [0.3, 0.4) is 0 Å². The Labute approximate surface area is 239 Å². The second kappa shape index (κ2) is 29.0. The number of unbranched alkanes of at least 4 members (excludes halogenated alkanes) is 11. The number of carbonyl (C=O) groups excluding carboxylic acids is 1. The van der Waals surface area contributed by atoms with Crippen LogP contribution in [0.4, 0.5) is 0 Å². The lowest BCUT2D eigenvalue weighted by atomic mass is 10.1. The first-order valence-corrected chi connectivity index (χ1v) is 15.6. The predicted octanol–water partition coefficient (Wildman–Crippen LogP) is 7.64. The summed E-state index contributed by atoms with van der Waals surface area (Å²) in [6, 6.07) is -0.797. The summed E-state index contributed by atoms with van der Waals surface area (Å²) in [6.45, 7) is 4.07. The molecule has 0 radical (unpaired) electrons. The highest BCUT2D eigenvalue weighted by Crippen LogP contribution is 2.08. The predicted molar refractivity (Wildman–Crippen MR) is 167 cm³/mol. The molecule has 1 amide bonds. The SMILES string of the molecule is CCCCC/C=C/CC/C=C/CC/C=C/C(O)C(CO)NC(=O)CC(O)/C=C\C/C=C\CCCCCCCC. The van der Waals surface area contributed by atoms with Crippen LogP contribution in [-0.4, -0.2) is 46.1 Å². The number of nitrogens with one attached hydrogen (secondary N) is 1. The molecule has 0 aliphatic rings. The van der Waals surface area contributed by atoms with Gasteiger partial charge in [0.2, 0.25) is 5.91 Å². The Morgan fingerprint density at radius 1 is 0.641 bits per heavy atom. The number of aliphatic hydroxyl groups is 3. The fourth-order valence-electron chi connectivity index (χ4n) is 4.07. The molecule has 5 nitrogen and oxygen atoms in total. The molecule has 39 heavy (non-hydrogen) atoms. The van der Waals surface area contributed by atoms with Crippen LogP contribution in [0.5, 0.6) is 0 Å². The van der Waals surface area contributed by atoms with Gasteiger partial charge in [0.05, 0.1) is 31.3 Å². The monoisotopic (exact) mass is 545 g/mol. The van der Waals surface area contributed by atoms with E-state index in [1.807, 2.05) is 12.2 Å². The van der Waals surface area contributed by atoms with Crippen molar-refractivity contribution in [2.45, 2.75) is 141 Å². The molecule has 0 bridgehead atoms. The Kier molecular flexibility index (Phi) is 27.6. The van der Waals surface area contributed by atoms with Crippen LogP contribution in [0.15, 0.2) is 60.8 Å². The smallest absolute Gasteiger partial charge is 0.223 e. The number of hydrogen-bond acceptors (Lipinski definition) is 4. The van der Waals surface area contributed by atoms with E-state index in [0.29, 0.717) is 0 Å². The van der Waals surface area contributed by atoms with Gasteiger partial charge in [-0.1, -0.05) is 120 Å². The lowest BCUT2D eigenvalue weighted by Crippen LogP contribution is -2.45. The van der Waals surface area contributed by atoms with Crippen molar-refractivity contribution < 1.29 is 20.1 Å². The van der Waals surface area contributed by atoms with Crippen LogP contribution in [0.2, 0.25) is 0 Å². The molecule has 0 heterocycles. The standard InChI is InChI=1S/C34H59NO4/c1-3-5-7-9-11-13-15-16-18-20-22-24-26-28-33(38)32(30-36)35-34(39)29-31(37)27-25-23-21-19-17-14-12-10-8-6-4-2/h11,13,18-21,25-28,31-33,36-38H,3-10,12,14-17,22-24,29-30H2,1-2H3,(H,35,39)/b13-11+,20-18+,21-19-,27-25-,28-26+. The van der Waals surface area contributed by atoms with E-state index in [1.54, 1.807) is 12.2 Å². The lowest BCUT2D eigenvalue weighted by molar-refractivity contribution is -0.124. The van der Waals surface area contributed by atoms with E-state index in [-0.39, 0.29) is 13.0 Å². The van der Waals surface area contributed by atoms with Gasteiger partial charge >= 0.3 is 0 Å². The Balaban J connectivity index is 4.03. The highest BCUT2D eigenvalue weighted by Gasteiger charge is 2.19. The largest absolute Gasteiger partial charge is 0.394 e. The molecule has 0 aromatic rings. The van der Waals surface area contributed by atoms with E-state index in [9.17, 15) is 20.1 Å². The maximum atomic E-state index is 12.2. The van der Waals surface area contributed by atoms with Crippen molar-refractivity contribution in [1.82, 2.24) is 5.32 Å². The number of aliphatic hydroxyl groups excluding tert-OH is 3. The summed E-state index contributed by atoms with van der Waals surface area (Å²) in [4.78, 5) is 12.2. The summed E-state index contributed by atoms with van der Waals surface area (Å²) in [6.07, 6.45) is 36.4. The first-order valence-electron chi connectivity index (χ1n) is 15.6. The van der Waals surface area contributed by atoms with Crippen LogP contribution in [0.25, 0.3) is 0 Å². The van der Waals surface area contributed by atoms with Gasteiger partial charge in [-0.2, -0.15) is 0 Å². The molecule has 4 N–H and O–H groups in total. The number of allylic oxidation sites excluding steroid dienone is 8. The topological polar surface area (TPSA) is 89.8 Å². The number of amides is 1. The van der Waals surface area contributed by atoms with Crippen LogP contribution in [0.1, 0.15) is 123 Å². The molecule has 3 unspecified atom stereocenters. The zero-order valence-corrected chi connectivity index (χ0v) is 25.0. The highest BCUT2D eigenvalue weighted by atomic mass is 16.3. The summed E-state index contributed by atoms with van der Waals surface area (Å²) >= 11 is 0. The third kappa shape index (κ3) is 26.1. The van der Waals surface area contributed by atoms with E-state index in [4.69, 9.17) is 0 Å². The molecule has 3 atom stereocenters. The molecule has 0 aromatic carbocycles. The van der Waals surface area contributed by atoms with Crippen molar-refractivity contribution >= 4 is 5.91 Å².